The Morgan fingerprint density at radius 1 is 1.21 bits per heavy atom. The molecule has 0 aliphatic carbocycles. The lowest BCUT2D eigenvalue weighted by Crippen LogP contribution is -2.50. The van der Waals surface area contributed by atoms with E-state index in [0.717, 1.165) is 30.8 Å². The molecule has 1 unspecified atom stereocenters. The number of nitrogens with one attached hydrogen (secondary N) is 1. The van der Waals surface area contributed by atoms with Gasteiger partial charge in [0.1, 0.15) is 16.7 Å². The molecule has 2 aromatic rings. The number of rotatable bonds is 12. The van der Waals surface area contributed by atoms with Crippen LogP contribution in [0, 0.1) is 5.92 Å². The second-order valence-electron chi connectivity index (χ2n) is 8.12. The third-order valence-corrected chi connectivity index (χ3v) is 6.04. The maximum Gasteiger partial charge on any atom is 0.272 e. The van der Waals surface area contributed by atoms with Crippen molar-refractivity contribution in [3.63, 3.8) is 0 Å². The molecule has 0 radical (unpaired) electrons. The van der Waals surface area contributed by atoms with E-state index in [0.29, 0.717) is 30.3 Å². The summed E-state index contributed by atoms with van der Waals surface area (Å²) in [6.45, 7) is 6.67. The van der Waals surface area contributed by atoms with Gasteiger partial charge in [-0.3, -0.25) is 19.3 Å². The molecule has 0 fully saturated rings. The Morgan fingerprint density at radius 2 is 1.91 bits per heavy atom. The molecule has 9 nitrogen and oxygen atoms in total. The van der Waals surface area contributed by atoms with Crippen molar-refractivity contribution in [3.05, 3.63) is 34.8 Å². The van der Waals surface area contributed by atoms with Gasteiger partial charge in [0.2, 0.25) is 5.91 Å². The molecule has 5 N–H and O–H groups in total. The molecule has 2 rings (SSSR count). The number of hydrogen-bond acceptors (Lipinski definition) is 7. The lowest BCUT2D eigenvalue weighted by Gasteiger charge is -2.32. The number of benzene rings is 1. The van der Waals surface area contributed by atoms with Crippen LogP contribution in [0.5, 0.6) is 5.75 Å². The smallest absolute Gasteiger partial charge is 0.272 e. The standard InChI is InChI=1S/C23H33N5O4S/c1-5-6-9-16(22(30)26-13-12-14(2)3)28(15-10-7-8-11-17(15)32-4)23(31)20-18(24)19(21(25)29)27-33-20/h7-8,10-11,14,16H,5-6,9,12-13,24H2,1-4H3,(H2,25,29)(H,26,30). The monoisotopic (exact) mass is 475 g/mol. The van der Waals surface area contributed by atoms with E-state index in [9.17, 15) is 14.4 Å². The van der Waals surface area contributed by atoms with Crippen LogP contribution in [0.3, 0.4) is 0 Å². The number of ether oxygens (including phenoxy) is 1. The number of unbranched alkanes of at least 4 members (excludes halogenated alkanes) is 1. The molecular formula is C23H33N5O4S. The van der Waals surface area contributed by atoms with Crippen LogP contribution in [0.2, 0.25) is 0 Å². The zero-order valence-corrected chi connectivity index (χ0v) is 20.4. The molecule has 10 heteroatoms. The van der Waals surface area contributed by atoms with E-state index in [1.54, 1.807) is 24.3 Å². The second-order valence-corrected chi connectivity index (χ2v) is 8.89. The van der Waals surface area contributed by atoms with Gasteiger partial charge in [-0.2, -0.15) is 4.37 Å². The van der Waals surface area contributed by atoms with Gasteiger partial charge in [0.05, 0.1) is 18.5 Å². The average molecular weight is 476 g/mol. The van der Waals surface area contributed by atoms with Crippen molar-refractivity contribution in [1.82, 2.24) is 9.69 Å². The molecule has 1 heterocycles. The van der Waals surface area contributed by atoms with Gasteiger partial charge in [-0.25, -0.2) is 0 Å². The first-order valence-corrected chi connectivity index (χ1v) is 11.8. The number of amides is 3. The molecule has 3 amide bonds. The Bertz CT molecular complexity index is 976. The molecule has 0 bridgehead atoms. The number of methoxy groups -OCH3 is 1. The number of nitrogens with zero attached hydrogens (tertiary/aromatic N) is 2. The van der Waals surface area contributed by atoms with E-state index >= 15 is 0 Å². The zero-order chi connectivity index (χ0) is 24.5. The van der Waals surface area contributed by atoms with Gasteiger partial charge >= 0.3 is 0 Å². The van der Waals surface area contributed by atoms with Crippen molar-refractivity contribution >= 4 is 40.6 Å². The first-order chi connectivity index (χ1) is 15.7. The summed E-state index contributed by atoms with van der Waals surface area (Å²) in [5.41, 5.74) is 11.6. The van der Waals surface area contributed by atoms with Crippen LogP contribution in [0.1, 0.15) is 66.6 Å². The highest BCUT2D eigenvalue weighted by Crippen LogP contribution is 2.34. The Kier molecular flexibility index (Phi) is 9.65. The third kappa shape index (κ3) is 6.44. The highest BCUT2D eigenvalue weighted by atomic mass is 32.1. The summed E-state index contributed by atoms with van der Waals surface area (Å²) in [5, 5.41) is 2.96. The van der Waals surface area contributed by atoms with Crippen molar-refractivity contribution < 1.29 is 19.1 Å². The SMILES string of the molecule is CCCCC(C(=O)NCCC(C)C)N(C(=O)c1snc(C(N)=O)c1N)c1ccccc1OC. The van der Waals surface area contributed by atoms with Crippen LogP contribution in [-0.2, 0) is 4.79 Å². The molecule has 0 spiro atoms. The Labute approximate surface area is 198 Å². The highest BCUT2D eigenvalue weighted by Gasteiger charge is 2.35. The van der Waals surface area contributed by atoms with E-state index in [1.165, 1.54) is 12.0 Å². The van der Waals surface area contributed by atoms with Gasteiger partial charge in [-0.15, -0.1) is 0 Å². The van der Waals surface area contributed by atoms with Gasteiger partial charge in [-0.1, -0.05) is 45.7 Å². The normalized spacial score (nSPS) is 11.8. The number of nitrogen functional groups attached to an aromatic ring is 1. The van der Waals surface area contributed by atoms with Crippen LogP contribution < -0.4 is 26.4 Å². The first kappa shape index (κ1) is 26.1. The van der Waals surface area contributed by atoms with E-state index in [4.69, 9.17) is 16.2 Å². The van der Waals surface area contributed by atoms with Crippen molar-refractivity contribution in [3.8, 4) is 5.75 Å². The number of anilines is 2. The summed E-state index contributed by atoms with van der Waals surface area (Å²) in [6.07, 6.45) is 2.83. The van der Waals surface area contributed by atoms with Crippen LogP contribution in [-0.4, -0.2) is 41.8 Å². The lowest BCUT2D eigenvalue weighted by atomic mass is 10.0. The van der Waals surface area contributed by atoms with Crippen molar-refractivity contribution in [1.29, 1.82) is 0 Å². The van der Waals surface area contributed by atoms with Crippen molar-refractivity contribution in [2.75, 3.05) is 24.3 Å². The minimum Gasteiger partial charge on any atom is -0.495 e. The molecule has 1 atom stereocenters. The van der Waals surface area contributed by atoms with E-state index in [1.807, 2.05) is 6.92 Å². The highest BCUT2D eigenvalue weighted by molar-refractivity contribution is 7.09. The predicted octanol–water partition coefficient (Wildman–Crippen LogP) is 3.20. The first-order valence-electron chi connectivity index (χ1n) is 11.0. The summed E-state index contributed by atoms with van der Waals surface area (Å²) < 4.78 is 9.44. The summed E-state index contributed by atoms with van der Waals surface area (Å²) in [5.74, 6) is -0.764. The number of carbonyl (C=O) groups excluding carboxylic acids is 3. The number of carbonyl (C=O) groups is 3. The van der Waals surface area contributed by atoms with E-state index < -0.39 is 17.9 Å². The van der Waals surface area contributed by atoms with E-state index in [-0.39, 0.29) is 22.2 Å². The molecule has 0 saturated carbocycles. The van der Waals surface area contributed by atoms with Crippen LogP contribution in [0.4, 0.5) is 11.4 Å². The number of aromatic nitrogens is 1. The molecule has 0 aliphatic heterocycles. The van der Waals surface area contributed by atoms with Gasteiger partial charge in [0.25, 0.3) is 11.8 Å². The molecule has 33 heavy (non-hydrogen) atoms. The van der Waals surface area contributed by atoms with Gasteiger partial charge in [0.15, 0.2) is 5.69 Å². The summed E-state index contributed by atoms with van der Waals surface area (Å²) in [7, 11) is 1.50. The summed E-state index contributed by atoms with van der Waals surface area (Å²) >= 11 is 0.784. The lowest BCUT2D eigenvalue weighted by molar-refractivity contribution is -0.122. The van der Waals surface area contributed by atoms with Gasteiger partial charge in [-0.05, 0) is 42.4 Å². The molecular weight excluding hydrogens is 442 g/mol. The molecule has 0 saturated heterocycles. The molecule has 0 aliphatic rings. The number of primary amides is 1. The van der Waals surface area contributed by atoms with Crippen LogP contribution >= 0.6 is 11.5 Å². The number of hydrogen-bond donors (Lipinski definition) is 3. The maximum absolute atomic E-state index is 13.8. The third-order valence-electron chi connectivity index (χ3n) is 5.19. The van der Waals surface area contributed by atoms with Crippen molar-refractivity contribution in [2.24, 2.45) is 11.7 Å². The van der Waals surface area contributed by atoms with Crippen molar-refractivity contribution in [2.45, 2.75) is 52.5 Å². The molecule has 1 aromatic carbocycles. The Balaban J connectivity index is 2.56. The fraction of sp³-hybridized carbons (Fsp3) is 0.478. The van der Waals surface area contributed by atoms with Crippen LogP contribution in [0.25, 0.3) is 0 Å². The second kappa shape index (κ2) is 12.2. The molecule has 180 valence electrons. The number of para-hydroxylation sites is 2. The topological polar surface area (TPSA) is 141 Å². The summed E-state index contributed by atoms with van der Waals surface area (Å²) in [6, 6.07) is 6.16. The van der Waals surface area contributed by atoms with E-state index in [2.05, 4.69) is 23.5 Å². The quantitative estimate of drug-likeness (QED) is 0.430. The zero-order valence-electron chi connectivity index (χ0n) is 19.6. The Hall–Kier alpha value is -3.14. The van der Waals surface area contributed by atoms with Gasteiger partial charge < -0.3 is 21.5 Å². The minimum atomic E-state index is -0.819. The fourth-order valence-corrected chi connectivity index (χ4v) is 4.11. The number of nitrogens with two attached hydrogens (primary N) is 2. The average Bonchev–Trinajstić information content (AvgIpc) is 3.17. The minimum absolute atomic E-state index is 0.0474. The predicted molar refractivity (Wildman–Crippen MR) is 131 cm³/mol. The van der Waals surface area contributed by atoms with Crippen LogP contribution in [0.15, 0.2) is 24.3 Å². The maximum atomic E-state index is 13.8. The fourth-order valence-electron chi connectivity index (χ4n) is 3.36. The summed E-state index contributed by atoms with van der Waals surface area (Å²) in [4.78, 5) is 40.2. The largest absolute Gasteiger partial charge is 0.495 e. The Morgan fingerprint density at radius 3 is 2.48 bits per heavy atom. The molecule has 1 aromatic heterocycles. The van der Waals surface area contributed by atoms with Gasteiger partial charge in [0, 0.05) is 6.54 Å².